The van der Waals surface area contributed by atoms with Gasteiger partial charge in [-0.15, -0.1) is 11.3 Å². The lowest BCUT2D eigenvalue weighted by Crippen LogP contribution is -2.51. The minimum atomic E-state index is -0.219. The Hall–Kier alpha value is -2.87. The molecule has 1 unspecified atom stereocenters. The molecule has 1 fully saturated rings. The largest absolute Gasteiger partial charge is 0.508 e. The molecule has 1 aromatic heterocycles. The van der Waals surface area contributed by atoms with E-state index in [0.29, 0.717) is 24.4 Å². The lowest BCUT2D eigenvalue weighted by atomic mass is 9.79. The molecule has 186 valence electrons. The zero-order valence-electron chi connectivity index (χ0n) is 20.7. The molecule has 3 aromatic rings. The summed E-state index contributed by atoms with van der Waals surface area (Å²) in [7, 11) is 6.07. The molecule has 2 N–H and O–H groups in total. The molecular weight excluding hydrogens is 458 g/mol. The van der Waals surface area contributed by atoms with Crippen molar-refractivity contribution >= 4 is 17.2 Å². The van der Waals surface area contributed by atoms with Gasteiger partial charge in [-0.1, -0.05) is 30.3 Å². The number of likely N-dealkylation sites (tertiary alicyclic amines) is 1. The van der Waals surface area contributed by atoms with Crippen molar-refractivity contribution in [2.24, 2.45) is 0 Å². The molecule has 0 bridgehead atoms. The molecule has 1 saturated heterocycles. The number of hydrogen-bond acceptors (Lipinski definition) is 6. The Labute approximate surface area is 212 Å². The van der Waals surface area contributed by atoms with Crippen LogP contribution in [0.4, 0.5) is 0 Å². The van der Waals surface area contributed by atoms with E-state index < -0.39 is 0 Å². The maximum atomic E-state index is 13.7. The van der Waals surface area contributed by atoms with Crippen molar-refractivity contribution in [3.8, 4) is 11.5 Å². The first-order valence-electron chi connectivity index (χ1n) is 12.1. The van der Waals surface area contributed by atoms with Gasteiger partial charge in [-0.05, 0) is 81.8 Å². The summed E-state index contributed by atoms with van der Waals surface area (Å²) < 4.78 is 6.45. The van der Waals surface area contributed by atoms with Gasteiger partial charge in [0, 0.05) is 29.9 Å². The number of carbonyl (C=O) groups excluding carboxylic acids is 1. The number of phenolic OH excluding ortho intramolecular Hbond substituents is 1. The second kappa shape index (κ2) is 11.2. The van der Waals surface area contributed by atoms with Gasteiger partial charge in [-0.3, -0.25) is 9.69 Å². The number of piperidine rings is 1. The number of rotatable bonds is 9. The molecule has 1 aliphatic rings. The van der Waals surface area contributed by atoms with Gasteiger partial charge in [-0.2, -0.15) is 0 Å². The standard InChI is InChI=1S/C28H35N3O3S/c1-29-16-13-25(26-12-7-19-35-26)34-24-11-5-4-10-23(24)27(33)31-17-14-28(15-18-31,30(2)3)21-8-6-9-22(32)20-21/h4-12,19-20,25,29,32H,13-18H2,1-3H3. The third-order valence-electron chi connectivity index (χ3n) is 7.02. The molecule has 4 rings (SSSR count). The maximum absolute atomic E-state index is 13.7. The number of phenols is 1. The van der Waals surface area contributed by atoms with Crippen LogP contribution in [0.2, 0.25) is 0 Å². The van der Waals surface area contributed by atoms with Gasteiger partial charge in [0.15, 0.2) is 0 Å². The lowest BCUT2D eigenvalue weighted by molar-refractivity contribution is 0.0406. The predicted octanol–water partition coefficient (Wildman–Crippen LogP) is 4.88. The van der Waals surface area contributed by atoms with Gasteiger partial charge in [0.05, 0.1) is 5.56 Å². The van der Waals surface area contributed by atoms with Crippen LogP contribution >= 0.6 is 11.3 Å². The number of carbonyl (C=O) groups is 1. The molecule has 1 amide bonds. The summed E-state index contributed by atoms with van der Waals surface area (Å²) in [6, 6.07) is 19.2. The second-order valence-corrected chi connectivity index (χ2v) is 10.3. The van der Waals surface area contributed by atoms with Crippen LogP contribution in [0.15, 0.2) is 66.0 Å². The molecule has 0 saturated carbocycles. The molecular formula is C28H35N3O3S. The van der Waals surface area contributed by atoms with Crippen LogP contribution in [0.25, 0.3) is 0 Å². The minimum Gasteiger partial charge on any atom is -0.508 e. The highest BCUT2D eigenvalue weighted by Gasteiger charge is 2.40. The van der Waals surface area contributed by atoms with Crippen LogP contribution in [-0.2, 0) is 5.54 Å². The number of aromatic hydroxyl groups is 1. The summed E-state index contributed by atoms with van der Waals surface area (Å²) in [5.41, 5.74) is 1.47. The fraction of sp³-hybridized carbons (Fsp3) is 0.393. The predicted molar refractivity (Wildman–Crippen MR) is 141 cm³/mol. The van der Waals surface area contributed by atoms with Crippen molar-refractivity contribution in [2.75, 3.05) is 40.8 Å². The van der Waals surface area contributed by atoms with Crippen LogP contribution in [0.5, 0.6) is 11.5 Å². The summed E-state index contributed by atoms with van der Waals surface area (Å²) in [5, 5.41) is 15.3. The van der Waals surface area contributed by atoms with Crippen LogP contribution in [0, 0.1) is 0 Å². The Morgan fingerprint density at radius 2 is 1.91 bits per heavy atom. The molecule has 0 spiro atoms. The summed E-state index contributed by atoms with van der Waals surface area (Å²) in [5.74, 6) is 0.902. The number of amides is 1. The van der Waals surface area contributed by atoms with Crippen molar-refractivity contribution in [1.29, 1.82) is 0 Å². The SMILES string of the molecule is CNCCC(Oc1ccccc1C(=O)N1CCC(c2cccc(O)c2)(N(C)C)CC1)c1cccs1. The summed E-state index contributed by atoms with van der Waals surface area (Å²) >= 11 is 1.67. The molecule has 35 heavy (non-hydrogen) atoms. The highest BCUT2D eigenvalue weighted by atomic mass is 32.1. The van der Waals surface area contributed by atoms with E-state index >= 15 is 0 Å². The van der Waals surface area contributed by atoms with Crippen LogP contribution in [0.3, 0.4) is 0 Å². The first-order chi connectivity index (χ1) is 16.9. The molecule has 7 heteroatoms. The number of nitrogens with zero attached hydrogens (tertiary/aromatic N) is 2. The third-order valence-corrected chi connectivity index (χ3v) is 7.99. The molecule has 0 aliphatic carbocycles. The summed E-state index contributed by atoms with van der Waals surface area (Å²) in [6.45, 7) is 2.09. The fourth-order valence-corrected chi connectivity index (χ4v) is 5.74. The van der Waals surface area contributed by atoms with Crippen molar-refractivity contribution in [3.63, 3.8) is 0 Å². The minimum absolute atomic E-state index is 0.00223. The van der Waals surface area contributed by atoms with E-state index in [1.807, 2.05) is 54.4 Å². The van der Waals surface area contributed by atoms with E-state index in [9.17, 15) is 9.90 Å². The molecule has 0 radical (unpaired) electrons. The Kier molecular flexibility index (Phi) is 8.11. The van der Waals surface area contributed by atoms with Crippen LogP contribution in [0.1, 0.15) is 46.2 Å². The van der Waals surface area contributed by atoms with Gasteiger partial charge in [-0.25, -0.2) is 0 Å². The quantitative estimate of drug-likeness (QED) is 0.445. The third kappa shape index (κ3) is 5.53. The van der Waals surface area contributed by atoms with Crippen LogP contribution in [-0.4, -0.2) is 61.6 Å². The average molecular weight is 494 g/mol. The number of nitrogens with one attached hydrogen (secondary N) is 1. The molecule has 1 aliphatic heterocycles. The van der Waals surface area contributed by atoms with E-state index in [1.54, 1.807) is 17.4 Å². The Morgan fingerprint density at radius 3 is 2.57 bits per heavy atom. The Balaban J connectivity index is 1.52. The second-order valence-electron chi connectivity index (χ2n) is 9.28. The highest BCUT2D eigenvalue weighted by molar-refractivity contribution is 7.10. The van der Waals surface area contributed by atoms with Crippen molar-refractivity contribution < 1.29 is 14.6 Å². The van der Waals surface area contributed by atoms with E-state index in [1.165, 1.54) is 0 Å². The van der Waals surface area contributed by atoms with E-state index in [4.69, 9.17) is 4.74 Å². The zero-order chi connectivity index (χ0) is 24.8. The number of benzene rings is 2. The van der Waals surface area contributed by atoms with Crippen molar-refractivity contribution in [2.45, 2.75) is 30.9 Å². The van der Waals surface area contributed by atoms with Gasteiger partial charge < -0.3 is 20.1 Å². The van der Waals surface area contributed by atoms with Gasteiger partial charge in [0.2, 0.25) is 0 Å². The lowest BCUT2D eigenvalue weighted by Gasteiger charge is -2.46. The first-order valence-corrected chi connectivity index (χ1v) is 13.0. The van der Waals surface area contributed by atoms with Gasteiger partial charge in [0.1, 0.15) is 17.6 Å². The van der Waals surface area contributed by atoms with Gasteiger partial charge in [0.25, 0.3) is 5.91 Å². The Bertz CT molecular complexity index is 1110. The average Bonchev–Trinajstić information content (AvgIpc) is 3.41. The van der Waals surface area contributed by atoms with Crippen LogP contribution < -0.4 is 10.1 Å². The molecule has 1 atom stereocenters. The van der Waals surface area contributed by atoms with Crippen molar-refractivity contribution in [1.82, 2.24) is 15.1 Å². The van der Waals surface area contributed by atoms with Crippen molar-refractivity contribution in [3.05, 3.63) is 82.0 Å². The van der Waals surface area contributed by atoms with E-state index in [2.05, 4.69) is 41.8 Å². The van der Waals surface area contributed by atoms with Gasteiger partial charge >= 0.3 is 0 Å². The number of hydrogen-bond donors (Lipinski definition) is 2. The fourth-order valence-electron chi connectivity index (χ4n) is 4.95. The summed E-state index contributed by atoms with van der Waals surface area (Å²) in [6.07, 6.45) is 2.29. The molecule has 6 nitrogen and oxygen atoms in total. The van der Waals surface area contributed by atoms with E-state index in [-0.39, 0.29) is 23.3 Å². The molecule has 2 heterocycles. The monoisotopic (exact) mass is 493 g/mol. The number of ether oxygens (including phenoxy) is 1. The number of thiophene rings is 1. The smallest absolute Gasteiger partial charge is 0.257 e. The highest BCUT2D eigenvalue weighted by Crippen LogP contribution is 2.39. The topological polar surface area (TPSA) is 65.0 Å². The van der Waals surface area contributed by atoms with E-state index in [0.717, 1.165) is 36.2 Å². The molecule has 2 aromatic carbocycles. The summed E-state index contributed by atoms with van der Waals surface area (Å²) in [4.78, 5) is 19.0. The number of para-hydroxylation sites is 1. The maximum Gasteiger partial charge on any atom is 0.257 e. The normalized spacial score (nSPS) is 16.3. The first kappa shape index (κ1) is 25.2. The zero-order valence-corrected chi connectivity index (χ0v) is 21.6. The Morgan fingerprint density at radius 1 is 1.14 bits per heavy atom.